The van der Waals surface area contributed by atoms with Gasteiger partial charge in [-0.2, -0.15) is 0 Å². The Hall–Kier alpha value is -1.33. The molecular weight excluding hydrogens is 232 g/mol. The van der Waals surface area contributed by atoms with Crippen molar-refractivity contribution in [2.45, 2.75) is 6.92 Å². The summed E-state index contributed by atoms with van der Waals surface area (Å²) in [5.74, 6) is 0.204. The van der Waals surface area contributed by atoms with Crippen molar-refractivity contribution < 1.29 is 9.66 Å². The molecule has 16 heavy (non-hydrogen) atoms. The quantitative estimate of drug-likeness (QED) is 0.474. The van der Waals surface area contributed by atoms with Gasteiger partial charge in [0.2, 0.25) is 0 Å². The second-order valence-corrected chi connectivity index (χ2v) is 3.51. The van der Waals surface area contributed by atoms with Gasteiger partial charge >= 0.3 is 5.69 Å². The molecule has 0 saturated carbocycles. The Morgan fingerprint density at radius 1 is 1.56 bits per heavy atom. The van der Waals surface area contributed by atoms with Gasteiger partial charge in [-0.05, 0) is 12.6 Å². The molecule has 0 aliphatic rings. The monoisotopic (exact) mass is 244 g/mol. The summed E-state index contributed by atoms with van der Waals surface area (Å²) in [6, 6.07) is 4.26. The molecule has 1 aromatic rings. The van der Waals surface area contributed by atoms with Crippen molar-refractivity contribution in [3.05, 3.63) is 33.3 Å². The first kappa shape index (κ1) is 12.7. The maximum atomic E-state index is 10.7. The lowest BCUT2D eigenvalue weighted by Crippen LogP contribution is -2.20. The molecule has 1 N–H and O–H groups in total. The maximum Gasteiger partial charge on any atom is 0.311 e. The molecule has 0 fully saturated rings. The zero-order chi connectivity index (χ0) is 12.0. The minimum absolute atomic E-state index is 0.0686. The van der Waals surface area contributed by atoms with Crippen LogP contribution >= 0.6 is 11.6 Å². The van der Waals surface area contributed by atoms with Crippen LogP contribution in [0.25, 0.3) is 0 Å². The van der Waals surface area contributed by atoms with Crippen LogP contribution in [0, 0.1) is 10.1 Å². The molecule has 0 radical (unpaired) electrons. The molecular formula is C10H13ClN2O3. The second kappa shape index (κ2) is 6.30. The molecule has 0 spiro atoms. The van der Waals surface area contributed by atoms with Gasteiger partial charge in [-0.3, -0.25) is 10.1 Å². The van der Waals surface area contributed by atoms with Crippen molar-refractivity contribution in [1.29, 1.82) is 0 Å². The molecule has 0 atom stereocenters. The number of benzene rings is 1. The van der Waals surface area contributed by atoms with Gasteiger partial charge in [0.05, 0.1) is 4.92 Å². The van der Waals surface area contributed by atoms with Crippen LogP contribution in [0.1, 0.15) is 6.92 Å². The molecule has 0 aliphatic heterocycles. The lowest BCUT2D eigenvalue weighted by atomic mass is 10.3. The average molecular weight is 245 g/mol. The van der Waals surface area contributed by atoms with Crippen LogP contribution in [-0.2, 0) is 0 Å². The molecule has 0 amide bonds. The summed E-state index contributed by atoms with van der Waals surface area (Å²) >= 11 is 5.74. The van der Waals surface area contributed by atoms with Gasteiger partial charge in [0.15, 0.2) is 5.75 Å². The lowest BCUT2D eigenvalue weighted by Gasteiger charge is -2.07. The van der Waals surface area contributed by atoms with E-state index < -0.39 is 4.92 Å². The van der Waals surface area contributed by atoms with Crippen molar-refractivity contribution in [2.75, 3.05) is 19.7 Å². The minimum Gasteiger partial charge on any atom is -0.485 e. The third-order valence-electron chi connectivity index (χ3n) is 1.90. The predicted octanol–water partition coefficient (Wildman–Crippen LogP) is 2.24. The fraction of sp³-hybridized carbons (Fsp3) is 0.400. The van der Waals surface area contributed by atoms with E-state index in [1.807, 2.05) is 6.92 Å². The van der Waals surface area contributed by atoms with E-state index in [1.165, 1.54) is 18.2 Å². The number of hydrogen-bond acceptors (Lipinski definition) is 4. The van der Waals surface area contributed by atoms with E-state index in [4.69, 9.17) is 16.3 Å². The van der Waals surface area contributed by atoms with Crippen LogP contribution in [0.2, 0.25) is 5.02 Å². The molecule has 0 heterocycles. The summed E-state index contributed by atoms with van der Waals surface area (Å²) in [4.78, 5) is 10.2. The Balaban J connectivity index is 2.68. The largest absolute Gasteiger partial charge is 0.485 e. The zero-order valence-corrected chi connectivity index (χ0v) is 9.66. The molecule has 0 unspecified atom stereocenters. The van der Waals surface area contributed by atoms with Crippen molar-refractivity contribution in [3.8, 4) is 5.75 Å². The fourth-order valence-corrected chi connectivity index (χ4v) is 1.33. The summed E-state index contributed by atoms with van der Waals surface area (Å²) in [6.45, 7) is 3.82. The standard InChI is InChI=1S/C10H13ClN2O3/c1-2-12-5-6-16-10-7-8(11)3-4-9(10)13(14)15/h3-4,7,12H,2,5-6H2,1H3. The van der Waals surface area contributed by atoms with E-state index in [0.29, 0.717) is 18.2 Å². The fourth-order valence-electron chi connectivity index (χ4n) is 1.16. The third-order valence-corrected chi connectivity index (χ3v) is 2.14. The Morgan fingerprint density at radius 2 is 2.31 bits per heavy atom. The smallest absolute Gasteiger partial charge is 0.311 e. The molecule has 1 aromatic carbocycles. The highest BCUT2D eigenvalue weighted by molar-refractivity contribution is 6.30. The highest BCUT2D eigenvalue weighted by atomic mass is 35.5. The number of likely N-dealkylation sites (N-methyl/N-ethyl adjacent to an activating group) is 1. The number of nitrogens with zero attached hydrogens (tertiary/aromatic N) is 1. The molecule has 1 rings (SSSR count). The molecule has 6 heteroatoms. The summed E-state index contributed by atoms with van der Waals surface area (Å²) in [7, 11) is 0. The summed E-state index contributed by atoms with van der Waals surface area (Å²) in [6.07, 6.45) is 0. The lowest BCUT2D eigenvalue weighted by molar-refractivity contribution is -0.385. The van der Waals surface area contributed by atoms with Crippen LogP contribution < -0.4 is 10.1 Å². The Morgan fingerprint density at radius 3 is 2.94 bits per heavy atom. The molecule has 0 aliphatic carbocycles. The Labute approximate surface area is 98.5 Å². The summed E-state index contributed by atoms with van der Waals surface area (Å²) in [5, 5.41) is 14.2. The summed E-state index contributed by atoms with van der Waals surface area (Å²) < 4.78 is 5.29. The number of hydrogen-bond donors (Lipinski definition) is 1. The molecule has 0 bridgehead atoms. The maximum absolute atomic E-state index is 10.7. The first-order chi connectivity index (χ1) is 7.65. The highest BCUT2D eigenvalue weighted by Gasteiger charge is 2.14. The van der Waals surface area contributed by atoms with Crippen LogP contribution in [0.4, 0.5) is 5.69 Å². The van der Waals surface area contributed by atoms with Crippen LogP contribution in [0.3, 0.4) is 0 Å². The van der Waals surface area contributed by atoms with Gasteiger partial charge in [0.25, 0.3) is 0 Å². The van der Waals surface area contributed by atoms with Gasteiger partial charge in [0.1, 0.15) is 6.61 Å². The Bertz CT molecular complexity index is 371. The minimum atomic E-state index is -0.487. The van der Waals surface area contributed by atoms with E-state index in [9.17, 15) is 10.1 Å². The predicted molar refractivity (Wildman–Crippen MR) is 62.1 cm³/mol. The highest BCUT2D eigenvalue weighted by Crippen LogP contribution is 2.29. The van der Waals surface area contributed by atoms with Crippen LogP contribution in [0.5, 0.6) is 5.75 Å². The second-order valence-electron chi connectivity index (χ2n) is 3.07. The number of nitrogens with one attached hydrogen (secondary N) is 1. The van der Waals surface area contributed by atoms with E-state index in [0.717, 1.165) is 6.54 Å². The number of ether oxygens (including phenoxy) is 1. The van der Waals surface area contributed by atoms with Crippen molar-refractivity contribution >= 4 is 17.3 Å². The van der Waals surface area contributed by atoms with Gasteiger partial charge in [-0.1, -0.05) is 18.5 Å². The number of nitro groups is 1. The van der Waals surface area contributed by atoms with E-state index in [2.05, 4.69) is 5.32 Å². The first-order valence-electron chi connectivity index (χ1n) is 4.92. The number of halogens is 1. The third kappa shape index (κ3) is 3.67. The Kier molecular flexibility index (Phi) is 5.01. The van der Waals surface area contributed by atoms with Gasteiger partial charge in [-0.15, -0.1) is 0 Å². The van der Waals surface area contributed by atoms with E-state index in [1.54, 1.807) is 0 Å². The van der Waals surface area contributed by atoms with Crippen molar-refractivity contribution in [2.24, 2.45) is 0 Å². The van der Waals surface area contributed by atoms with Crippen LogP contribution in [0.15, 0.2) is 18.2 Å². The van der Waals surface area contributed by atoms with E-state index >= 15 is 0 Å². The first-order valence-corrected chi connectivity index (χ1v) is 5.30. The normalized spacial score (nSPS) is 10.1. The zero-order valence-electron chi connectivity index (χ0n) is 8.90. The van der Waals surface area contributed by atoms with Crippen LogP contribution in [-0.4, -0.2) is 24.6 Å². The van der Waals surface area contributed by atoms with Gasteiger partial charge in [-0.25, -0.2) is 0 Å². The molecule has 88 valence electrons. The van der Waals surface area contributed by atoms with Gasteiger partial charge < -0.3 is 10.1 Å². The van der Waals surface area contributed by atoms with Crippen molar-refractivity contribution in [3.63, 3.8) is 0 Å². The molecule has 0 aromatic heterocycles. The molecule has 0 saturated heterocycles. The number of rotatable bonds is 6. The topological polar surface area (TPSA) is 64.4 Å². The summed E-state index contributed by atoms with van der Waals surface area (Å²) in [5.41, 5.74) is -0.0686. The van der Waals surface area contributed by atoms with E-state index in [-0.39, 0.29) is 11.4 Å². The van der Waals surface area contributed by atoms with Crippen molar-refractivity contribution in [1.82, 2.24) is 5.32 Å². The average Bonchev–Trinajstić information content (AvgIpc) is 2.24. The SMILES string of the molecule is CCNCCOc1cc(Cl)ccc1[N+](=O)[O-]. The van der Waals surface area contributed by atoms with Gasteiger partial charge in [0, 0.05) is 23.7 Å². The number of nitro benzene ring substituents is 1. The molecule has 5 nitrogen and oxygen atoms in total.